The molecule has 0 saturated heterocycles. The van der Waals surface area contributed by atoms with Gasteiger partial charge in [0.05, 0.1) is 0 Å². The van der Waals surface area contributed by atoms with E-state index in [1.807, 2.05) is 0 Å². The van der Waals surface area contributed by atoms with Crippen molar-refractivity contribution in [2.24, 2.45) is 0 Å². The molecule has 0 radical (unpaired) electrons. The number of nitrogens with zero attached hydrogens (tertiary/aromatic N) is 1. The summed E-state index contributed by atoms with van der Waals surface area (Å²) in [6, 6.07) is 20.7. The number of carbonyl (C=O) groups is 1. The van der Waals surface area contributed by atoms with E-state index in [0.29, 0.717) is 27.5 Å². The fraction of sp³-hybridized carbons (Fsp3) is 0.296. The van der Waals surface area contributed by atoms with Crippen LogP contribution in [0.2, 0.25) is 0 Å². The van der Waals surface area contributed by atoms with E-state index in [2.05, 4.69) is 0 Å². The van der Waals surface area contributed by atoms with Crippen molar-refractivity contribution in [3.8, 4) is 0 Å². The molecule has 0 aliphatic heterocycles. The van der Waals surface area contributed by atoms with E-state index in [0.717, 1.165) is 6.42 Å². The predicted octanol–water partition coefficient (Wildman–Crippen LogP) is 7.14. The molecule has 1 amide bonds. The summed E-state index contributed by atoms with van der Waals surface area (Å²) in [5.41, 5.74) is 0. The SMILES string of the molecule is O=C(O)N(C1CCCCC1)C(F)(F)CS(=O)(=O)OS(c1ccccc1)(c1ccccc1)c1ccccc1. The monoisotopic (exact) mass is 549 g/mol. The number of amides is 1. The van der Waals surface area contributed by atoms with Gasteiger partial charge in [0.15, 0.2) is 5.75 Å². The van der Waals surface area contributed by atoms with E-state index in [1.54, 1.807) is 91.0 Å². The average Bonchev–Trinajstić information content (AvgIpc) is 2.88. The van der Waals surface area contributed by atoms with E-state index < -0.39 is 44.4 Å². The van der Waals surface area contributed by atoms with Gasteiger partial charge in [-0.05, 0) is 59.5 Å². The Bertz CT molecular complexity index is 1190. The summed E-state index contributed by atoms with van der Waals surface area (Å²) in [6.07, 6.45) is 0.716. The van der Waals surface area contributed by atoms with E-state index in [-0.39, 0.29) is 17.7 Å². The molecule has 0 bridgehead atoms. The van der Waals surface area contributed by atoms with Crippen LogP contribution in [-0.4, -0.2) is 42.4 Å². The van der Waals surface area contributed by atoms with Crippen molar-refractivity contribution in [3.05, 3.63) is 91.0 Å². The van der Waals surface area contributed by atoms with Crippen LogP contribution in [0.4, 0.5) is 13.6 Å². The summed E-state index contributed by atoms with van der Waals surface area (Å²) in [5, 5.41) is 9.64. The lowest BCUT2D eigenvalue weighted by atomic mass is 9.94. The van der Waals surface area contributed by atoms with Crippen LogP contribution in [0.25, 0.3) is 0 Å². The first-order valence-corrected chi connectivity index (χ1v) is 15.1. The largest absolute Gasteiger partial charge is 0.465 e. The van der Waals surface area contributed by atoms with Gasteiger partial charge in [0.2, 0.25) is 0 Å². The molecule has 0 atom stereocenters. The highest BCUT2D eigenvalue weighted by atomic mass is 32.3. The molecule has 1 N–H and O–H groups in total. The van der Waals surface area contributed by atoms with E-state index in [1.165, 1.54) is 0 Å². The third-order valence-electron chi connectivity index (χ3n) is 6.28. The topological polar surface area (TPSA) is 83.9 Å². The van der Waals surface area contributed by atoms with Crippen molar-refractivity contribution in [2.75, 3.05) is 5.75 Å². The van der Waals surface area contributed by atoms with Crippen molar-refractivity contribution >= 4 is 26.5 Å². The first kappa shape index (κ1) is 27.1. The van der Waals surface area contributed by atoms with Gasteiger partial charge in [-0.3, -0.25) is 0 Å². The molecule has 1 aliphatic rings. The van der Waals surface area contributed by atoms with Crippen LogP contribution in [0.15, 0.2) is 106 Å². The van der Waals surface area contributed by atoms with Crippen molar-refractivity contribution in [3.63, 3.8) is 0 Å². The van der Waals surface area contributed by atoms with Crippen LogP contribution >= 0.6 is 10.3 Å². The number of carboxylic acid groups (broad SMARTS) is 1. The van der Waals surface area contributed by atoms with Gasteiger partial charge < -0.3 is 5.11 Å². The van der Waals surface area contributed by atoms with Gasteiger partial charge in [-0.25, -0.2) is 13.3 Å². The average molecular weight is 550 g/mol. The Hall–Kier alpha value is -2.95. The van der Waals surface area contributed by atoms with Gasteiger partial charge in [-0.15, -0.1) is 0 Å². The van der Waals surface area contributed by atoms with E-state index in [4.69, 9.17) is 3.63 Å². The lowest BCUT2D eigenvalue weighted by Crippen LogP contribution is -2.55. The molecule has 0 unspecified atom stereocenters. The van der Waals surface area contributed by atoms with Crippen LogP contribution in [0, 0.1) is 0 Å². The third kappa shape index (κ3) is 5.97. The summed E-state index contributed by atoms with van der Waals surface area (Å²) in [6.45, 7) is 0. The minimum Gasteiger partial charge on any atom is -0.465 e. The fourth-order valence-corrected chi connectivity index (χ4v) is 10.1. The van der Waals surface area contributed by atoms with E-state index >= 15 is 8.78 Å². The summed E-state index contributed by atoms with van der Waals surface area (Å²) in [7, 11) is -8.00. The van der Waals surface area contributed by atoms with Crippen LogP contribution in [-0.2, 0) is 13.7 Å². The Morgan fingerprint density at radius 1 is 0.811 bits per heavy atom. The van der Waals surface area contributed by atoms with Crippen LogP contribution < -0.4 is 0 Å². The first-order valence-electron chi connectivity index (χ1n) is 12.0. The highest BCUT2D eigenvalue weighted by Crippen LogP contribution is 2.70. The molecule has 0 aromatic heterocycles. The highest BCUT2D eigenvalue weighted by molar-refractivity contribution is 8.33. The predicted molar refractivity (Wildman–Crippen MR) is 138 cm³/mol. The summed E-state index contributed by atoms with van der Waals surface area (Å²) < 4.78 is 63.9. The Labute approximate surface area is 217 Å². The molecular formula is C27H29F2NO5S2. The lowest BCUT2D eigenvalue weighted by Gasteiger charge is -2.41. The van der Waals surface area contributed by atoms with Crippen molar-refractivity contribution in [1.82, 2.24) is 4.90 Å². The fourth-order valence-electron chi connectivity index (χ4n) is 4.73. The lowest BCUT2D eigenvalue weighted by molar-refractivity contribution is -0.131. The maximum absolute atomic E-state index is 15.5. The van der Waals surface area contributed by atoms with E-state index in [9.17, 15) is 18.3 Å². The smallest absolute Gasteiger partial charge is 0.412 e. The molecule has 3 aromatic carbocycles. The normalized spacial score (nSPS) is 15.7. The van der Waals surface area contributed by atoms with Crippen molar-refractivity contribution in [1.29, 1.82) is 0 Å². The standard InChI is InChI=1S/C27H29F2NO5S2/c28-27(29,30(26(31)32)22-13-5-1-6-14-22)21-36(33,34)35-37(23-15-7-2-8-16-23,24-17-9-3-10-18-24)25-19-11-4-12-20-25/h2-4,7-12,15-20,22H,1,5-6,13-14,21H2,(H,31,32). The molecule has 0 heterocycles. The zero-order valence-electron chi connectivity index (χ0n) is 20.1. The van der Waals surface area contributed by atoms with Crippen molar-refractivity contribution in [2.45, 2.75) is 58.9 Å². The Morgan fingerprint density at radius 2 is 1.22 bits per heavy atom. The number of hydrogen-bond acceptors (Lipinski definition) is 4. The Morgan fingerprint density at radius 3 is 1.59 bits per heavy atom. The molecule has 1 saturated carbocycles. The molecule has 10 heteroatoms. The summed E-state index contributed by atoms with van der Waals surface area (Å²) in [4.78, 5) is 13.4. The second kappa shape index (κ2) is 11.2. The summed E-state index contributed by atoms with van der Waals surface area (Å²) in [5.74, 6) is -1.79. The zero-order chi connectivity index (χ0) is 26.5. The van der Waals surface area contributed by atoms with Crippen LogP contribution in [0.5, 0.6) is 0 Å². The molecule has 0 spiro atoms. The molecule has 198 valence electrons. The van der Waals surface area contributed by atoms with Gasteiger partial charge in [0, 0.05) is 20.7 Å². The van der Waals surface area contributed by atoms with Crippen LogP contribution in [0.3, 0.4) is 0 Å². The second-order valence-electron chi connectivity index (χ2n) is 8.88. The summed E-state index contributed by atoms with van der Waals surface area (Å²) >= 11 is 0. The molecule has 6 nitrogen and oxygen atoms in total. The maximum Gasteiger partial charge on any atom is 0.412 e. The third-order valence-corrected chi connectivity index (χ3v) is 11.4. The highest BCUT2D eigenvalue weighted by Gasteiger charge is 2.50. The number of alkyl halides is 2. The minimum atomic E-state index is -4.98. The quantitative estimate of drug-likeness (QED) is 0.287. The molecule has 1 aliphatic carbocycles. The molecular weight excluding hydrogens is 520 g/mol. The van der Waals surface area contributed by atoms with Crippen molar-refractivity contribution < 1.29 is 30.7 Å². The van der Waals surface area contributed by atoms with Gasteiger partial charge in [-0.2, -0.15) is 17.2 Å². The zero-order valence-corrected chi connectivity index (χ0v) is 21.7. The number of halogens is 2. The van der Waals surface area contributed by atoms with Gasteiger partial charge in [0.1, 0.15) is 0 Å². The maximum atomic E-state index is 15.5. The Balaban J connectivity index is 1.80. The van der Waals surface area contributed by atoms with Crippen LogP contribution in [0.1, 0.15) is 32.1 Å². The number of benzene rings is 3. The van der Waals surface area contributed by atoms with Gasteiger partial charge >= 0.3 is 12.1 Å². The molecule has 37 heavy (non-hydrogen) atoms. The number of hydrogen-bond donors (Lipinski definition) is 1. The Kier molecular flexibility index (Phi) is 8.20. The molecule has 3 aromatic rings. The number of rotatable bonds is 9. The molecule has 4 rings (SSSR count). The second-order valence-corrected chi connectivity index (χ2v) is 13.4. The molecule has 1 fully saturated rings. The minimum absolute atomic E-state index is 0.0115. The van der Waals surface area contributed by atoms with Gasteiger partial charge in [-0.1, -0.05) is 73.9 Å². The first-order chi connectivity index (χ1) is 17.7. The van der Waals surface area contributed by atoms with Gasteiger partial charge in [0.25, 0.3) is 10.1 Å².